The largest absolute Gasteiger partial charge is 0.505 e. The summed E-state index contributed by atoms with van der Waals surface area (Å²) in [6.45, 7) is 0. The van der Waals surface area contributed by atoms with Gasteiger partial charge in [-0.1, -0.05) is 18.2 Å². The molecule has 28 heavy (non-hydrogen) atoms. The molecule has 0 aliphatic heterocycles. The molecular weight excluding hydrogens is 360 g/mol. The Balaban J connectivity index is 0.000000878. The average molecular weight is 380 g/mol. The summed E-state index contributed by atoms with van der Waals surface area (Å²) in [6, 6.07) is 10.2. The number of nitrogens with one attached hydrogen (secondary N) is 2. The summed E-state index contributed by atoms with van der Waals surface area (Å²) in [4.78, 5) is 19.0. The summed E-state index contributed by atoms with van der Waals surface area (Å²) in [7, 11) is 3.25. The third-order valence-electron chi connectivity index (χ3n) is 3.43. The minimum absolute atomic E-state index is 0.0119. The maximum Gasteiger partial charge on any atom is 0.170 e. The Morgan fingerprint density at radius 2 is 1.89 bits per heavy atom. The van der Waals surface area contributed by atoms with Crippen molar-refractivity contribution in [1.82, 2.24) is 19.7 Å². The van der Waals surface area contributed by atoms with Gasteiger partial charge in [0.05, 0.1) is 12.4 Å². The van der Waals surface area contributed by atoms with Crippen LogP contribution in [-0.4, -0.2) is 51.2 Å². The standard InChI is InChI=1S/C17H14N6O2.C2H6O/c18-15-5-4-13(10-24)22-23(15)16(19)7-11-2-1-3-12(6-11)17-20-8-14(25)9-21-17;1-3-2/h1-6,8-10,18-19,25H,7H2;1-2H3. The van der Waals surface area contributed by atoms with Gasteiger partial charge in [0, 0.05) is 26.2 Å². The predicted octanol–water partition coefficient (Wildman–Crippen LogP) is 1.67. The van der Waals surface area contributed by atoms with Crippen molar-refractivity contribution < 1.29 is 14.6 Å². The van der Waals surface area contributed by atoms with Crippen LogP contribution in [0, 0.1) is 10.8 Å². The molecule has 0 fully saturated rings. The van der Waals surface area contributed by atoms with Gasteiger partial charge in [-0.2, -0.15) is 5.10 Å². The summed E-state index contributed by atoms with van der Waals surface area (Å²) in [5, 5.41) is 29.2. The number of ether oxygens (including phenoxy) is 1. The number of nitrogens with zero attached hydrogens (tertiary/aromatic N) is 4. The fourth-order valence-corrected chi connectivity index (χ4v) is 2.27. The number of methoxy groups -OCH3 is 1. The monoisotopic (exact) mass is 380 g/mol. The summed E-state index contributed by atoms with van der Waals surface area (Å²) >= 11 is 0. The maximum atomic E-state index is 10.8. The average Bonchev–Trinajstić information content (AvgIpc) is 2.69. The van der Waals surface area contributed by atoms with Crippen molar-refractivity contribution in [3.8, 4) is 17.1 Å². The van der Waals surface area contributed by atoms with Crippen molar-refractivity contribution in [3.63, 3.8) is 0 Å². The second-order valence-electron chi connectivity index (χ2n) is 5.67. The zero-order chi connectivity index (χ0) is 20.5. The lowest BCUT2D eigenvalue weighted by Gasteiger charge is -2.09. The van der Waals surface area contributed by atoms with E-state index in [0.29, 0.717) is 12.1 Å². The van der Waals surface area contributed by atoms with Gasteiger partial charge in [0.15, 0.2) is 17.9 Å². The Hall–Kier alpha value is -3.72. The van der Waals surface area contributed by atoms with Gasteiger partial charge < -0.3 is 9.84 Å². The molecule has 2 heterocycles. The number of carbonyl (C=O) groups is 1. The molecule has 0 unspecified atom stereocenters. The van der Waals surface area contributed by atoms with E-state index < -0.39 is 0 Å². The minimum Gasteiger partial charge on any atom is -0.505 e. The van der Waals surface area contributed by atoms with Gasteiger partial charge in [0.2, 0.25) is 0 Å². The lowest BCUT2D eigenvalue weighted by Crippen LogP contribution is -2.30. The highest BCUT2D eigenvalue weighted by Crippen LogP contribution is 2.17. The third kappa shape index (κ3) is 5.39. The van der Waals surface area contributed by atoms with Crippen LogP contribution in [0.25, 0.3) is 11.4 Å². The van der Waals surface area contributed by atoms with E-state index in [1.54, 1.807) is 14.2 Å². The van der Waals surface area contributed by atoms with Crippen LogP contribution in [0.3, 0.4) is 0 Å². The number of hydrogen-bond donors (Lipinski definition) is 3. The fraction of sp³-hybridized carbons (Fsp3) is 0.158. The quantitative estimate of drug-likeness (QED) is 0.357. The van der Waals surface area contributed by atoms with Gasteiger partial charge in [-0.3, -0.25) is 15.6 Å². The van der Waals surface area contributed by atoms with E-state index in [0.717, 1.165) is 15.8 Å². The molecule has 9 nitrogen and oxygen atoms in total. The molecule has 0 amide bonds. The SMILES string of the molecule is COC.N=C(Cc1cccc(-c2ncc(O)cn2)c1)n1nc(C=O)ccc1=N. The topological polar surface area (TPSA) is 138 Å². The molecule has 3 N–H and O–H groups in total. The molecular formula is C19H20N6O3. The van der Waals surface area contributed by atoms with Crippen LogP contribution in [0.4, 0.5) is 0 Å². The van der Waals surface area contributed by atoms with Crippen LogP contribution >= 0.6 is 0 Å². The smallest absolute Gasteiger partial charge is 0.170 e. The maximum absolute atomic E-state index is 10.8. The molecule has 0 saturated heterocycles. The van der Waals surface area contributed by atoms with E-state index >= 15 is 0 Å². The highest BCUT2D eigenvalue weighted by atomic mass is 16.4. The van der Waals surface area contributed by atoms with Crippen molar-refractivity contribution in [1.29, 1.82) is 10.8 Å². The van der Waals surface area contributed by atoms with Gasteiger partial charge in [0.1, 0.15) is 17.0 Å². The molecule has 0 aliphatic rings. The third-order valence-corrected chi connectivity index (χ3v) is 3.43. The van der Waals surface area contributed by atoms with Crippen LogP contribution in [-0.2, 0) is 11.2 Å². The molecule has 3 rings (SSSR count). The Morgan fingerprint density at radius 3 is 2.54 bits per heavy atom. The second-order valence-corrected chi connectivity index (χ2v) is 5.67. The van der Waals surface area contributed by atoms with Gasteiger partial charge in [0.25, 0.3) is 0 Å². The molecule has 0 spiro atoms. The van der Waals surface area contributed by atoms with Crippen LogP contribution in [0.15, 0.2) is 48.8 Å². The first-order valence-corrected chi connectivity index (χ1v) is 8.17. The molecule has 9 heteroatoms. The van der Waals surface area contributed by atoms with E-state index in [9.17, 15) is 9.90 Å². The minimum atomic E-state index is -0.0119. The molecule has 0 saturated carbocycles. The molecule has 2 aromatic heterocycles. The van der Waals surface area contributed by atoms with Crippen LogP contribution in [0.2, 0.25) is 0 Å². The highest BCUT2D eigenvalue weighted by Gasteiger charge is 2.08. The molecule has 0 aliphatic carbocycles. The number of aromatic hydroxyl groups is 1. The number of rotatable bonds is 4. The lowest BCUT2D eigenvalue weighted by molar-refractivity contribution is 0.111. The number of hydrogen-bond acceptors (Lipinski definition) is 8. The number of aromatic nitrogens is 4. The van der Waals surface area contributed by atoms with E-state index in [2.05, 4.69) is 19.8 Å². The highest BCUT2D eigenvalue weighted by molar-refractivity contribution is 5.83. The predicted molar refractivity (Wildman–Crippen MR) is 102 cm³/mol. The van der Waals surface area contributed by atoms with E-state index in [-0.39, 0.29) is 29.2 Å². The van der Waals surface area contributed by atoms with E-state index in [1.807, 2.05) is 24.3 Å². The summed E-state index contributed by atoms with van der Waals surface area (Å²) < 4.78 is 5.37. The van der Waals surface area contributed by atoms with Crippen molar-refractivity contribution in [2.24, 2.45) is 0 Å². The van der Waals surface area contributed by atoms with Crippen LogP contribution in [0.1, 0.15) is 16.1 Å². The van der Waals surface area contributed by atoms with E-state index in [1.165, 1.54) is 24.5 Å². The lowest BCUT2D eigenvalue weighted by atomic mass is 10.1. The Kier molecular flexibility index (Phi) is 7.23. The first-order chi connectivity index (χ1) is 13.5. The van der Waals surface area contributed by atoms with Crippen LogP contribution < -0.4 is 5.49 Å². The van der Waals surface area contributed by atoms with Gasteiger partial charge in [-0.15, -0.1) is 0 Å². The Morgan fingerprint density at radius 1 is 1.21 bits per heavy atom. The normalized spacial score (nSPS) is 9.93. The van der Waals surface area contributed by atoms with Crippen molar-refractivity contribution in [2.75, 3.05) is 14.2 Å². The summed E-state index contributed by atoms with van der Waals surface area (Å²) in [5.41, 5.74) is 1.74. The zero-order valence-corrected chi connectivity index (χ0v) is 15.5. The zero-order valence-electron chi connectivity index (χ0n) is 15.5. The van der Waals surface area contributed by atoms with Crippen LogP contribution in [0.5, 0.6) is 5.75 Å². The molecule has 0 atom stereocenters. The first-order valence-electron chi connectivity index (χ1n) is 8.17. The molecule has 0 bridgehead atoms. The van der Waals surface area contributed by atoms with Crippen molar-refractivity contribution >= 4 is 12.1 Å². The summed E-state index contributed by atoms with van der Waals surface area (Å²) in [5.74, 6) is 0.515. The van der Waals surface area contributed by atoms with Crippen molar-refractivity contribution in [3.05, 3.63) is 65.5 Å². The number of aldehydes is 1. The van der Waals surface area contributed by atoms with Gasteiger partial charge in [-0.05, 0) is 23.8 Å². The number of carbonyl (C=O) groups excluding carboxylic acids is 1. The van der Waals surface area contributed by atoms with Gasteiger partial charge in [-0.25, -0.2) is 14.6 Å². The molecule has 0 radical (unpaired) electrons. The first kappa shape index (κ1) is 20.6. The Bertz CT molecular complexity index is 1010. The number of benzene rings is 1. The fourth-order valence-electron chi connectivity index (χ4n) is 2.27. The van der Waals surface area contributed by atoms with Crippen molar-refractivity contribution in [2.45, 2.75) is 6.42 Å². The summed E-state index contributed by atoms with van der Waals surface area (Å²) in [6.07, 6.45) is 3.42. The van der Waals surface area contributed by atoms with E-state index in [4.69, 9.17) is 10.8 Å². The Labute approximate surface area is 161 Å². The molecule has 1 aromatic carbocycles. The van der Waals surface area contributed by atoms with Gasteiger partial charge >= 0.3 is 0 Å². The molecule has 3 aromatic rings. The second kappa shape index (κ2) is 9.83. The molecule has 144 valence electrons.